The maximum atomic E-state index is 13.7. The van der Waals surface area contributed by atoms with Gasteiger partial charge in [-0.15, -0.1) is 0 Å². The normalized spacial score (nSPS) is 24.0. The molecule has 3 aliphatic rings. The quantitative estimate of drug-likeness (QED) is 0.663. The Balaban J connectivity index is 1.86. The lowest BCUT2D eigenvalue weighted by Crippen LogP contribution is -2.43. The van der Waals surface area contributed by atoms with Crippen LogP contribution in [-0.2, 0) is 9.59 Å². The van der Waals surface area contributed by atoms with Crippen LogP contribution in [0.5, 0.6) is 11.5 Å². The van der Waals surface area contributed by atoms with Gasteiger partial charge < -0.3 is 14.7 Å². The van der Waals surface area contributed by atoms with Crippen LogP contribution in [-0.4, -0.2) is 47.1 Å². The van der Waals surface area contributed by atoms with Gasteiger partial charge in [-0.2, -0.15) is 0 Å². The summed E-state index contributed by atoms with van der Waals surface area (Å²) in [6.07, 6.45) is 5.21. The number of allylic oxidation sites excluding steroid dienone is 1. The highest BCUT2D eigenvalue weighted by atomic mass is 79.9. The second kappa shape index (κ2) is 9.15. The first-order chi connectivity index (χ1) is 14.9. The van der Waals surface area contributed by atoms with E-state index >= 15 is 0 Å². The number of aliphatic imine (C=N–C) groups is 1. The maximum Gasteiger partial charge on any atom is 0.252 e. The number of hydrogen-bond donors (Lipinski definition) is 1. The van der Waals surface area contributed by atoms with Gasteiger partial charge in [0.1, 0.15) is 5.78 Å². The standard InChI is InChI=1S/C24H29BrN2O4/c1-3-31-19-13-15(12-16(25)23(19)29)21-20(24(30)27-10-5-4-6-11-27)14(2)26-17-8-7-9-18(28)22(17)21/h12-13,21-22,29H,3-11H2,1-2H3/t21-,22?/m0/s1. The van der Waals surface area contributed by atoms with Crippen LogP contribution in [0.4, 0.5) is 0 Å². The zero-order valence-corrected chi connectivity index (χ0v) is 19.7. The van der Waals surface area contributed by atoms with Crippen molar-refractivity contribution in [1.29, 1.82) is 0 Å². The van der Waals surface area contributed by atoms with E-state index in [-0.39, 0.29) is 17.4 Å². The number of nitrogens with zero attached hydrogens (tertiary/aromatic N) is 2. The van der Waals surface area contributed by atoms with E-state index in [1.165, 1.54) is 0 Å². The van der Waals surface area contributed by atoms with Crippen LogP contribution in [0, 0.1) is 5.92 Å². The molecule has 0 radical (unpaired) electrons. The van der Waals surface area contributed by atoms with Crippen molar-refractivity contribution in [3.05, 3.63) is 33.4 Å². The first-order valence-corrected chi connectivity index (χ1v) is 12.0. The molecule has 1 saturated heterocycles. The highest BCUT2D eigenvalue weighted by molar-refractivity contribution is 9.10. The number of piperidine rings is 1. The van der Waals surface area contributed by atoms with Gasteiger partial charge >= 0.3 is 0 Å². The van der Waals surface area contributed by atoms with E-state index in [9.17, 15) is 14.7 Å². The Labute approximate surface area is 191 Å². The number of halogens is 1. The molecule has 0 aromatic heterocycles. The van der Waals surface area contributed by atoms with Crippen molar-refractivity contribution < 1.29 is 19.4 Å². The summed E-state index contributed by atoms with van der Waals surface area (Å²) < 4.78 is 6.13. The number of hydrogen-bond acceptors (Lipinski definition) is 5. The number of benzene rings is 1. The number of phenolic OH excluding ortho intramolecular Hbond substituents is 1. The molecule has 2 fully saturated rings. The number of likely N-dealkylation sites (tertiary alicyclic amines) is 1. The van der Waals surface area contributed by atoms with E-state index < -0.39 is 11.8 Å². The van der Waals surface area contributed by atoms with Gasteiger partial charge in [-0.05, 0) is 79.6 Å². The first kappa shape index (κ1) is 22.1. The summed E-state index contributed by atoms with van der Waals surface area (Å²) in [6, 6.07) is 3.58. The van der Waals surface area contributed by atoms with Crippen molar-refractivity contribution >= 4 is 33.3 Å². The maximum absolute atomic E-state index is 13.7. The number of ketones is 1. The zero-order chi connectivity index (χ0) is 22.1. The Morgan fingerprint density at radius 2 is 1.94 bits per heavy atom. The number of phenols is 1. The molecule has 2 aliphatic heterocycles. The van der Waals surface area contributed by atoms with Crippen LogP contribution >= 0.6 is 15.9 Å². The van der Waals surface area contributed by atoms with Gasteiger partial charge in [0.05, 0.1) is 17.0 Å². The molecule has 1 unspecified atom stereocenters. The van der Waals surface area contributed by atoms with Crippen LogP contribution in [0.15, 0.2) is 32.9 Å². The number of rotatable bonds is 4. The lowest BCUT2D eigenvalue weighted by Gasteiger charge is -2.38. The number of ether oxygens (including phenoxy) is 1. The fraction of sp³-hybridized carbons (Fsp3) is 0.542. The summed E-state index contributed by atoms with van der Waals surface area (Å²) in [6.45, 7) is 5.61. The Hall–Kier alpha value is -2.15. The number of Topliss-reactive ketones (excluding diaryl/α,β-unsaturated/α-hetero) is 1. The number of amides is 1. The summed E-state index contributed by atoms with van der Waals surface area (Å²) in [5, 5.41) is 10.4. The van der Waals surface area contributed by atoms with Crippen LogP contribution in [0.1, 0.15) is 63.9 Å². The topological polar surface area (TPSA) is 79.2 Å². The third kappa shape index (κ3) is 4.16. The average Bonchev–Trinajstić information content (AvgIpc) is 2.76. The largest absolute Gasteiger partial charge is 0.503 e. The third-order valence-corrected chi connectivity index (χ3v) is 7.10. The SMILES string of the molecule is CCOc1cc([C@H]2C(C(=O)N3CCCCC3)=C(C)N=C3CCCC(=O)C32)cc(Br)c1O. The molecule has 4 rings (SSSR count). The lowest BCUT2D eigenvalue weighted by molar-refractivity contribution is -0.128. The average molecular weight is 489 g/mol. The van der Waals surface area contributed by atoms with Crippen LogP contribution in [0.3, 0.4) is 0 Å². The van der Waals surface area contributed by atoms with E-state index in [0.717, 1.165) is 56.5 Å². The van der Waals surface area contributed by atoms with E-state index in [2.05, 4.69) is 15.9 Å². The smallest absolute Gasteiger partial charge is 0.252 e. The van der Waals surface area contributed by atoms with E-state index in [4.69, 9.17) is 9.73 Å². The molecule has 1 aromatic rings. The van der Waals surface area contributed by atoms with Crippen LogP contribution < -0.4 is 4.74 Å². The van der Waals surface area contributed by atoms with Gasteiger partial charge in [-0.25, -0.2) is 0 Å². The van der Waals surface area contributed by atoms with Gasteiger partial charge in [-0.1, -0.05) is 0 Å². The molecule has 1 aromatic carbocycles. The first-order valence-electron chi connectivity index (χ1n) is 11.2. The molecule has 1 amide bonds. The lowest BCUT2D eigenvalue weighted by atomic mass is 9.69. The number of carbonyl (C=O) groups is 2. The van der Waals surface area contributed by atoms with Gasteiger partial charge in [0, 0.05) is 42.4 Å². The Bertz CT molecular complexity index is 963. The minimum atomic E-state index is -0.438. The third-order valence-electron chi connectivity index (χ3n) is 6.49. The molecule has 1 N–H and O–H groups in total. The summed E-state index contributed by atoms with van der Waals surface area (Å²) in [5.41, 5.74) is 2.96. The predicted octanol–water partition coefficient (Wildman–Crippen LogP) is 4.75. The van der Waals surface area contributed by atoms with Crippen molar-refractivity contribution in [2.75, 3.05) is 19.7 Å². The second-order valence-corrected chi connectivity index (χ2v) is 9.37. The fourth-order valence-corrected chi connectivity index (χ4v) is 5.52. The summed E-state index contributed by atoms with van der Waals surface area (Å²) in [7, 11) is 0. The van der Waals surface area contributed by atoms with Crippen molar-refractivity contribution in [3.8, 4) is 11.5 Å². The molecule has 2 heterocycles. The second-order valence-electron chi connectivity index (χ2n) is 8.51. The van der Waals surface area contributed by atoms with E-state index in [1.54, 1.807) is 6.07 Å². The van der Waals surface area contributed by atoms with Crippen molar-refractivity contribution in [1.82, 2.24) is 4.90 Å². The summed E-state index contributed by atoms with van der Waals surface area (Å²) in [4.78, 5) is 33.5. The molecule has 31 heavy (non-hydrogen) atoms. The van der Waals surface area contributed by atoms with Crippen molar-refractivity contribution in [3.63, 3.8) is 0 Å². The number of carbonyl (C=O) groups excluding carboxylic acids is 2. The molecule has 166 valence electrons. The molecule has 2 atom stereocenters. The van der Waals surface area contributed by atoms with Gasteiger partial charge in [0.15, 0.2) is 11.5 Å². The van der Waals surface area contributed by atoms with E-state index in [1.807, 2.05) is 24.8 Å². The molecular weight excluding hydrogens is 460 g/mol. The molecule has 1 saturated carbocycles. The van der Waals surface area contributed by atoms with Gasteiger partial charge in [0.25, 0.3) is 5.91 Å². The van der Waals surface area contributed by atoms with E-state index in [0.29, 0.717) is 34.5 Å². The molecule has 1 aliphatic carbocycles. The Morgan fingerprint density at radius 1 is 1.19 bits per heavy atom. The zero-order valence-electron chi connectivity index (χ0n) is 18.1. The highest BCUT2D eigenvalue weighted by Gasteiger charge is 2.44. The molecular formula is C24H29BrN2O4. The van der Waals surface area contributed by atoms with Gasteiger partial charge in [0.2, 0.25) is 0 Å². The molecule has 0 bridgehead atoms. The monoisotopic (exact) mass is 488 g/mol. The highest BCUT2D eigenvalue weighted by Crippen LogP contribution is 2.47. The summed E-state index contributed by atoms with van der Waals surface area (Å²) in [5.74, 6) is -0.381. The van der Waals surface area contributed by atoms with Crippen molar-refractivity contribution in [2.24, 2.45) is 10.9 Å². The van der Waals surface area contributed by atoms with Crippen molar-refractivity contribution in [2.45, 2.75) is 58.3 Å². The van der Waals surface area contributed by atoms with Gasteiger partial charge in [-0.3, -0.25) is 14.6 Å². The predicted molar refractivity (Wildman–Crippen MR) is 123 cm³/mol. The van der Waals surface area contributed by atoms with Crippen LogP contribution in [0.2, 0.25) is 0 Å². The number of aromatic hydroxyl groups is 1. The minimum absolute atomic E-state index is 0.0227. The number of fused-ring (bicyclic) bond motifs is 1. The summed E-state index contributed by atoms with van der Waals surface area (Å²) >= 11 is 3.43. The molecule has 0 spiro atoms. The Morgan fingerprint density at radius 3 is 2.65 bits per heavy atom. The fourth-order valence-electron chi connectivity index (χ4n) is 5.06. The van der Waals surface area contributed by atoms with Crippen LogP contribution in [0.25, 0.3) is 0 Å². The molecule has 6 nitrogen and oxygen atoms in total. The molecule has 7 heteroatoms. The minimum Gasteiger partial charge on any atom is -0.503 e. The Kier molecular flexibility index (Phi) is 6.51.